The molecule has 1 aliphatic rings. The first-order valence-corrected chi connectivity index (χ1v) is 6.88. The van der Waals surface area contributed by atoms with E-state index in [-0.39, 0.29) is 6.61 Å². The van der Waals surface area contributed by atoms with E-state index in [0.29, 0.717) is 6.42 Å². The van der Waals surface area contributed by atoms with Gasteiger partial charge in [-0.15, -0.1) is 11.6 Å². The number of alkyl halides is 7. The van der Waals surface area contributed by atoms with Crippen LogP contribution in [0.15, 0.2) is 0 Å². The summed E-state index contributed by atoms with van der Waals surface area (Å²) in [5.74, 6) is -4.54. The standard InChI is InChI=1S/C12H17ClF6O/c1-2-3-4-5-20-9-7-11(15,16)10(14,6-8(9)13)12(17,18)19/h8-9H,2-7H2,1H3/t8-,9+,10-/m0/s1. The third kappa shape index (κ3) is 3.53. The van der Waals surface area contributed by atoms with Gasteiger partial charge in [0.25, 0.3) is 11.6 Å². The summed E-state index contributed by atoms with van der Waals surface area (Å²) in [5.41, 5.74) is -4.59. The number of unbranched alkanes of at least 4 members (excludes halogenated alkanes) is 2. The van der Waals surface area contributed by atoms with Crippen LogP contribution >= 0.6 is 11.6 Å². The van der Waals surface area contributed by atoms with Crippen LogP contribution in [-0.2, 0) is 4.74 Å². The molecule has 120 valence electrons. The van der Waals surface area contributed by atoms with Crippen molar-refractivity contribution in [3.63, 3.8) is 0 Å². The molecule has 0 spiro atoms. The molecule has 1 fully saturated rings. The highest BCUT2D eigenvalue weighted by atomic mass is 35.5. The van der Waals surface area contributed by atoms with Gasteiger partial charge >= 0.3 is 6.18 Å². The molecule has 0 aromatic carbocycles. The Morgan fingerprint density at radius 1 is 1.15 bits per heavy atom. The zero-order valence-corrected chi connectivity index (χ0v) is 11.7. The van der Waals surface area contributed by atoms with Crippen LogP contribution in [-0.4, -0.2) is 35.9 Å². The summed E-state index contributed by atoms with van der Waals surface area (Å²) in [6.45, 7) is 2.06. The lowest BCUT2D eigenvalue weighted by Gasteiger charge is -2.43. The molecule has 20 heavy (non-hydrogen) atoms. The molecule has 1 saturated carbocycles. The molecule has 0 aromatic rings. The van der Waals surface area contributed by atoms with Gasteiger partial charge in [0, 0.05) is 19.4 Å². The first kappa shape index (κ1) is 17.9. The third-order valence-corrected chi connectivity index (χ3v) is 3.88. The van der Waals surface area contributed by atoms with Gasteiger partial charge in [0.2, 0.25) is 0 Å². The van der Waals surface area contributed by atoms with Crippen LogP contribution in [0.2, 0.25) is 0 Å². The topological polar surface area (TPSA) is 9.23 Å². The fourth-order valence-corrected chi connectivity index (χ4v) is 2.54. The number of hydrogen-bond acceptors (Lipinski definition) is 1. The Kier molecular flexibility index (Phi) is 5.63. The molecule has 0 aromatic heterocycles. The molecule has 0 N–H and O–H groups in total. The minimum atomic E-state index is -5.66. The van der Waals surface area contributed by atoms with E-state index in [9.17, 15) is 26.3 Å². The van der Waals surface area contributed by atoms with Crippen LogP contribution in [0.5, 0.6) is 0 Å². The molecule has 1 rings (SSSR count). The van der Waals surface area contributed by atoms with Crippen molar-refractivity contribution in [2.75, 3.05) is 6.61 Å². The highest BCUT2D eigenvalue weighted by molar-refractivity contribution is 6.21. The Morgan fingerprint density at radius 2 is 1.75 bits per heavy atom. The maximum absolute atomic E-state index is 13.7. The Hall–Kier alpha value is -0.170. The summed E-state index contributed by atoms with van der Waals surface area (Å²) in [6, 6.07) is 0. The van der Waals surface area contributed by atoms with Crippen molar-refractivity contribution in [3.05, 3.63) is 0 Å². The summed E-state index contributed by atoms with van der Waals surface area (Å²) in [6.07, 6.45) is -7.48. The molecular formula is C12H17ClF6O. The van der Waals surface area contributed by atoms with Gasteiger partial charge in [-0.05, 0) is 6.42 Å². The molecule has 0 saturated heterocycles. The summed E-state index contributed by atoms with van der Waals surface area (Å²) in [5, 5.41) is -1.43. The van der Waals surface area contributed by atoms with Gasteiger partial charge in [0.15, 0.2) is 0 Å². The van der Waals surface area contributed by atoms with E-state index in [0.717, 1.165) is 12.8 Å². The fraction of sp³-hybridized carbons (Fsp3) is 1.00. The van der Waals surface area contributed by atoms with E-state index >= 15 is 0 Å². The summed E-state index contributed by atoms with van der Waals surface area (Å²) >= 11 is 5.61. The van der Waals surface area contributed by atoms with Gasteiger partial charge in [-0.2, -0.15) is 13.2 Å². The van der Waals surface area contributed by atoms with Gasteiger partial charge in [0.1, 0.15) is 0 Å². The Labute approximate surface area is 118 Å². The molecule has 3 atom stereocenters. The van der Waals surface area contributed by atoms with Crippen LogP contribution < -0.4 is 0 Å². The van der Waals surface area contributed by atoms with Crippen LogP contribution in [0.3, 0.4) is 0 Å². The van der Waals surface area contributed by atoms with Gasteiger partial charge in [-0.25, -0.2) is 13.2 Å². The van der Waals surface area contributed by atoms with Gasteiger partial charge in [-0.1, -0.05) is 19.8 Å². The molecule has 0 radical (unpaired) electrons. The van der Waals surface area contributed by atoms with Gasteiger partial charge in [-0.3, -0.25) is 0 Å². The van der Waals surface area contributed by atoms with Crippen molar-refractivity contribution in [1.82, 2.24) is 0 Å². The molecule has 0 heterocycles. The Bertz CT molecular complexity index is 322. The maximum Gasteiger partial charge on any atom is 0.428 e. The Morgan fingerprint density at radius 3 is 2.25 bits per heavy atom. The quantitative estimate of drug-likeness (QED) is 0.398. The molecular weight excluding hydrogens is 310 g/mol. The smallest absolute Gasteiger partial charge is 0.376 e. The molecule has 0 aliphatic heterocycles. The van der Waals surface area contributed by atoms with E-state index < -0.39 is 42.1 Å². The second-order valence-corrected chi connectivity index (χ2v) is 5.60. The van der Waals surface area contributed by atoms with E-state index in [1.165, 1.54) is 0 Å². The Balaban J connectivity index is 2.72. The first-order valence-electron chi connectivity index (χ1n) is 6.44. The second kappa shape index (κ2) is 6.30. The lowest BCUT2D eigenvalue weighted by atomic mass is 9.80. The third-order valence-electron chi connectivity index (χ3n) is 3.45. The van der Waals surface area contributed by atoms with E-state index in [1.807, 2.05) is 6.92 Å². The molecule has 1 aliphatic carbocycles. The van der Waals surface area contributed by atoms with Gasteiger partial charge < -0.3 is 4.74 Å². The minimum Gasteiger partial charge on any atom is -0.376 e. The lowest BCUT2D eigenvalue weighted by molar-refractivity contribution is -0.321. The van der Waals surface area contributed by atoms with Crippen molar-refractivity contribution in [3.8, 4) is 0 Å². The molecule has 8 heteroatoms. The highest BCUT2D eigenvalue weighted by Gasteiger charge is 2.74. The number of rotatable bonds is 5. The fourth-order valence-electron chi connectivity index (χ4n) is 2.16. The number of ether oxygens (including phenoxy) is 1. The summed E-state index contributed by atoms with van der Waals surface area (Å²) in [4.78, 5) is 0. The predicted molar refractivity (Wildman–Crippen MR) is 63.0 cm³/mol. The number of hydrogen-bond donors (Lipinski definition) is 0. The van der Waals surface area contributed by atoms with Crippen molar-refractivity contribution in [2.24, 2.45) is 0 Å². The van der Waals surface area contributed by atoms with Crippen LogP contribution in [0.4, 0.5) is 26.3 Å². The predicted octanol–water partition coefficient (Wildman–Crippen LogP) is 4.87. The molecule has 0 amide bonds. The maximum atomic E-state index is 13.7. The van der Waals surface area contributed by atoms with Gasteiger partial charge in [0.05, 0.1) is 11.5 Å². The molecule has 0 unspecified atom stereocenters. The van der Waals surface area contributed by atoms with Crippen LogP contribution in [0.1, 0.15) is 39.0 Å². The summed E-state index contributed by atoms with van der Waals surface area (Å²) < 4.78 is 83.4. The lowest BCUT2D eigenvalue weighted by Crippen LogP contribution is -2.62. The van der Waals surface area contributed by atoms with Crippen molar-refractivity contribution < 1.29 is 31.1 Å². The largest absolute Gasteiger partial charge is 0.428 e. The van der Waals surface area contributed by atoms with Crippen molar-refractivity contribution in [1.29, 1.82) is 0 Å². The summed E-state index contributed by atoms with van der Waals surface area (Å²) in [7, 11) is 0. The number of halogens is 7. The normalized spacial score (nSPS) is 34.2. The van der Waals surface area contributed by atoms with Crippen molar-refractivity contribution >= 4 is 11.6 Å². The first-order chi connectivity index (χ1) is 9.05. The van der Waals surface area contributed by atoms with Crippen LogP contribution in [0, 0.1) is 0 Å². The molecule has 0 bridgehead atoms. The van der Waals surface area contributed by atoms with Crippen molar-refractivity contribution in [2.45, 2.75) is 68.3 Å². The zero-order chi connectivity index (χ0) is 15.6. The van der Waals surface area contributed by atoms with E-state index in [2.05, 4.69) is 0 Å². The van der Waals surface area contributed by atoms with E-state index in [4.69, 9.17) is 16.3 Å². The highest BCUT2D eigenvalue weighted by Crippen LogP contribution is 2.54. The monoisotopic (exact) mass is 326 g/mol. The van der Waals surface area contributed by atoms with Crippen LogP contribution in [0.25, 0.3) is 0 Å². The average molecular weight is 327 g/mol. The SMILES string of the molecule is CCCCCO[C@@H]1CC(F)(F)[C@](F)(C(F)(F)F)C[C@@H]1Cl. The average Bonchev–Trinajstić information content (AvgIpc) is 2.29. The second-order valence-electron chi connectivity index (χ2n) is 5.04. The minimum absolute atomic E-state index is 0.128. The van der Waals surface area contributed by atoms with E-state index in [1.54, 1.807) is 0 Å². The molecule has 1 nitrogen and oxygen atoms in total. The zero-order valence-electron chi connectivity index (χ0n) is 11.0.